The van der Waals surface area contributed by atoms with Gasteiger partial charge in [-0.05, 0) is 56.0 Å². The minimum Gasteiger partial charge on any atom is -0.504 e. The fourth-order valence-electron chi connectivity index (χ4n) is 7.06. The van der Waals surface area contributed by atoms with Gasteiger partial charge in [0, 0.05) is 18.0 Å². The van der Waals surface area contributed by atoms with Gasteiger partial charge in [0.15, 0.2) is 21.2 Å². The monoisotopic (exact) mass is 586 g/mol. The highest BCUT2D eigenvalue weighted by Gasteiger charge is 2.76. The van der Waals surface area contributed by atoms with Crippen LogP contribution in [-0.4, -0.2) is 57.0 Å². The Labute approximate surface area is 239 Å². The number of phenols is 1. The molecule has 0 bridgehead atoms. The highest BCUT2D eigenvalue weighted by molar-refractivity contribution is 6.58. The number of ether oxygens (including phenoxy) is 1. The molecule has 2 aromatic rings. The van der Waals surface area contributed by atoms with Crippen molar-refractivity contribution in [3.63, 3.8) is 0 Å². The summed E-state index contributed by atoms with van der Waals surface area (Å²) in [5.41, 5.74) is 0.829. The van der Waals surface area contributed by atoms with E-state index in [4.69, 9.17) is 27.9 Å². The molecule has 2 heterocycles. The molecule has 2 saturated heterocycles. The van der Waals surface area contributed by atoms with Gasteiger partial charge in [0.2, 0.25) is 11.8 Å². The summed E-state index contributed by atoms with van der Waals surface area (Å²) in [4.78, 5) is 52.8. The fraction of sp³-hybridized carbons (Fsp3) is 0.379. The molecular weight excluding hydrogens is 562 g/mol. The summed E-state index contributed by atoms with van der Waals surface area (Å²) in [6.07, 6.45) is 1.83. The van der Waals surface area contributed by atoms with Gasteiger partial charge in [-0.1, -0.05) is 23.8 Å². The number of hydrogen-bond acceptors (Lipinski definition) is 6. The molecule has 6 rings (SSSR count). The van der Waals surface area contributed by atoms with Crippen molar-refractivity contribution in [2.75, 3.05) is 18.6 Å². The molecule has 0 spiro atoms. The summed E-state index contributed by atoms with van der Waals surface area (Å²) >= 11 is 14.5. The highest BCUT2D eigenvalue weighted by Crippen LogP contribution is 2.66. The molecule has 1 N–H and O–H groups in total. The normalized spacial score (nSPS) is 33.1. The van der Waals surface area contributed by atoms with Crippen molar-refractivity contribution in [1.82, 2.24) is 4.90 Å². The number of fused-ring (bicyclic) bond motifs is 4. The summed E-state index contributed by atoms with van der Waals surface area (Å²) in [7, 11) is 1.37. The van der Waals surface area contributed by atoms with E-state index in [0.29, 0.717) is 5.57 Å². The third kappa shape index (κ3) is 3.25. The van der Waals surface area contributed by atoms with Crippen molar-refractivity contribution in [2.24, 2.45) is 17.8 Å². The number of benzene rings is 2. The molecule has 6 atom stereocenters. The number of carbonyl (C=O) groups is 4. The number of likely N-dealkylation sites (tertiary alicyclic amines) is 1. The second kappa shape index (κ2) is 9.04. The summed E-state index contributed by atoms with van der Waals surface area (Å²) in [5, 5.41) is 11.2. The zero-order valence-corrected chi connectivity index (χ0v) is 23.1. The second-order valence-corrected chi connectivity index (χ2v) is 11.8. The van der Waals surface area contributed by atoms with Gasteiger partial charge in [-0.15, -0.1) is 23.2 Å². The molecule has 40 heavy (non-hydrogen) atoms. The van der Waals surface area contributed by atoms with Crippen LogP contribution in [0, 0.1) is 23.6 Å². The number of anilines is 1. The van der Waals surface area contributed by atoms with Gasteiger partial charge in [-0.25, -0.2) is 9.29 Å². The van der Waals surface area contributed by atoms with Gasteiger partial charge in [0.1, 0.15) is 5.82 Å². The average molecular weight is 587 g/mol. The van der Waals surface area contributed by atoms with Crippen molar-refractivity contribution < 1.29 is 33.4 Å². The Bertz CT molecular complexity index is 1510. The summed E-state index contributed by atoms with van der Waals surface area (Å²) in [6.45, 7) is 1.92. The Morgan fingerprint density at radius 2 is 1.73 bits per heavy atom. The van der Waals surface area contributed by atoms with Crippen molar-refractivity contribution in [3.05, 3.63) is 65.5 Å². The Morgan fingerprint density at radius 3 is 2.38 bits per heavy atom. The second-order valence-electron chi connectivity index (χ2n) is 10.6. The van der Waals surface area contributed by atoms with Crippen molar-refractivity contribution in [2.45, 2.75) is 35.4 Å². The third-order valence-corrected chi connectivity index (χ3v) is 10.3. The maximum absolute atomic E-state index is 14.3. The Morgan fingerprint density at radius 1 is 1.02 bits per heavy atom. The van der Waals surface area contributed by atoms with Gasteiger partial charge in [0.25, 0.3) is 11.8 Å². The minimum atomic E-state index is -2.13. The van der Waals surface area contributed by atoms with E-state index in [1.54, 1.807) is 25.1 Å². The SMILES string of the molecule is CCN1C(=O)[C@H]2[C@H](CC=C3[C@H]2C[C@@]2(Cl)C(=O)N(c4ccc(F)cc4)C(=O)[C@@]2(Cl)[C@H]3c2cccc(OC)c2O)C1=O. The van der Waals surface area contributed by atoms with Gasteiger partial charge < -0.3 is 9.84 Å². The first-order valence-corrected chi connectivity index (χ1v) is 13.7. The molecule has 11 heteroatoms. The van der Waals surface area contributed by atoms with E-state index in [1.165, 1.54) is 30.2 Å². The van der Waals surface area contributed by atoms with Gasteiger partial charge >= 0.3 is 0 Å². The molecule has 0 radical (unpaired) electrons. The zero-order chi connectivity index (χ0) is 28.7. The van der Waals surface area contributed by atoms with E-state index in [-0.39, 0.29) is 54.0 Å². The largest absolute Gasteiger partial charge is 0.504 e. The lowest BCUT2D eigenvalue weighted by atomic mass is 9.56. The number of hydrogen-bond donors (Lipinski definition) is 1. The van der Waals surface area contributed by atoms with Gasteiger partial charge in [-0.2, -0.15) is 0 Å². The predicted octanol–water partition coefficient (Wildman–Crippen LogP) is 4.12. The van der Waals surface area contributed by atoms with Crippen LogP contribution < -0.4 is 9.64 Å². The van der Waals surface area contributed by atoms with Crippen LogP contribution in [0.1, 0.15) is 31.2 Å². The van der Waals surface area contributed by atoms with E-state index in [9.17, 15) is 28.7 Å². The summed E-state index contributed by atoms with van der Waals surface area (Å²) in [6, 6.07) is 9.49. The minimum absolute atomic E-state index is 0.0820. The van der Waals surface area contributed by atoms with Crippen LogP contribution in [0.4, 0.5) is 10.1 Å². The number of nitrogens with zero attached hydrogens (tertiary/aromatic N) is 2. The number of amides is 4. The lowest BCUT2D eigenvalue weighted by molar-refractivity contribution is -0.140. The number of aromatic hydroxyl groups is 1. The van der Waals surface area contributed by atoms with Crippen molar-refractivity contribution in [3.8, 4) is 11.5 Å². The molecule has 0 unspecified atom stereocenters. The molecule has 4 aliphatic rings. The van der Waals surface area contributed by atoms with Crippen LogP contribution >= 0.6 is 23.2 Å². The van der Waals surface area contributed by atoms with Crippen LogP contribution in [-0.2, 0) is 19.2 Å². The number of para-hydroxylation sites is 1. The van der Waals surface area contributed by atoms with Crippen LogP contribution in [0.5, 0.6) is 11.5 Å². The predicted molar refractivity (Wildman–Crippen MR) is 144 cm³/mol. The van der Waals surface area contributed by atoms with Crippen LogP contribution in [0.3, 0.4) is 0 Å². The van der Waals surface area contributed by atoms with E-state index in [0.717, 1.165) is 17.0 Å². The standard InChI is InChI=1S/C29H25Cl2FN2O6/c1-3-33-24(36)17-12-11-16-19(21(17)25(33)37)13-28(30)26(38)34(15-9-7-14(32)8-10-15)27(39)29(28,31)22(16)18-5-4-6-20(40-2)23(18)35/h4-11,17,19,21-22,35H,3,12-13H2,1-2H3/t17-,19+,21-,22+,28+,29-/m0/s1. The molecule has 4 amide bonds. The number of methoxy groups -OCH3 is 1. The lowest BCUT2D eigenvalue weighted by Gasteiger charge is -2.50. The van der Waals surface area contributed by atoms with Crippen LogP contribution in [0.2, 0.25) is 0 Å². The molecule has 2 aliphatic carbocycles. The maximum atomic E-state index is 14.3. The maximum Gasteiger partial charge on any atom is 0.258 e. The van der Waals surface area contributed by atoms with E-state index in [1.807, 2.05) is 0 Å². The Kier molecular flexibility index (Phi) is 6.05. The van der Waals surface area contributed by atoms with Crippen molar-refractivity contribution in [1.29, 1.82) is 0 Å². The Balaban J connectivity index is 1.59. The summed E-state index contributed by atoms with van der Waals surface area (Å²) in [5.74, 6) is -6.35. The first-order valence-electron chi connectivity index (χ1n) is 12.9. The number of allylic oxidation sites excluding steroid dienone is 2. The van der Waals surface area contributed by atoms with Crippen molar-refractivity contribution >= 4 is 52.5 Å². The van der Waals surface area contributed by atoms with Gasteiger partial charge in [0.05, 0.1) is 24.6 Å². The van der Waals surface area contributed by atoms with Crippen LogP contribution in [0.15, 0.2) is 54.1 Å². The average Bonchev–Trinajstić information content (AvgIpc) is 3.27. The van der Waals surface area contributed by atoms with E-state index < -0.39 is 51.1 Å². The number of alkyl halides is 2. The molecular formula is C29H25Cl2FN2O6. The molecule has 3 fully saturated rings. The van der Waals surface area contributed by atoms with E-state index in [2.05, 4.69) is 0 Å². The molecule has 0 aromatic heterocycles. The third-order valence-electron chi connectivity index (χ3n) is 8.86. The number of imide groups is 2. The molecule has 8 nitrogen and oxygen atoms in total. The fourth-order valence-corrected chi connectivity index (χ4v) is 7.98. The summed E-state index contributed by atoms with van der Waals surface area (Å²) < 4.78 is 19.0. The lowest BCUT2D eigenvalue weighted by Crippen LogP contribution is -2.60. The molecule has 1 saturated carbocycles. The number of carbonyl (C=O) groups excluding carboxylic acids is 4. The number of phenolic OH excluding ortho intramolecular Hbond substituents is 1. The molecule has 2 aliphatic heterocycles. The first kappa shape index (κ1) is 26.8. The number of halogens is 3. The smallest absolute Gasteiger partial charge is 0.258 e. The topological polar surface area (TPSA) is 104 Å². The van der Waals surface area contributed by atoms with E-state index >= 15 is 0 Å². The zero-order valence-electron chi connectivity index (χ0n) is 21.6. The first-order chi connectivity index (χ1) is 19.0. The number of rotatable bonds is 4. The van der Waals surface area contributed by atoms with Crippen LogP contribution in [0.25, 0.3) is 0 Å². The highest BCUT2D eigenvalue weighted by atomic mass is 35.5. The molecule has 2 aromatic carbocycles. The Hall–Kier alpha value is -3.43. The molecule has 208 valence electrons. The quantitative estimate of drug-likeness (QED) is 0.328. The van der Waals surface area contributed by atoms with Gasteiger partial charge in [-0.3, -0.25) is 24.1 Å².